The fourth-order valence-electron chi connectivity index (χ4n) is 1.57. The molecule has 0 aliphatic heterocycles. The molecular weight excluding hydrogens is 273 g/mol. The molecule has 1 aromatic heterocycles. The van der Waals surface area contributed by atoms with Gasteiger partial charge in [0.25, 0.3) is 5.56 Å². The van der Waals surface area contributed by atoms with E-state index in [0.717, 1.165) is 10.8 Å². The van der Waals surface area contributed by atoms with Crippen LogP contribution in [-0.4, -0.2) is 9.55 Å². The molecule has 0 bridgehead atoms. The molecule has 0 saturated carbocycles. The Morgan fingerprint density at radius 3 is 2.84 bits per heavy atom. The molecule has 0 fully saturated rings. The number of nitrogens with zero attached hydrogens (tertiary/aromatic N) is 2. The van der Waals surface area contributed by atoms with Crippen molar-refractivity contribution in [2.75, 3.05) is 0 Å². The monoisotopic (exact) mass is 279 g/mol. The van der Waals surface area contributed by atoms with Crippen LogP contribution in [0.2, 0.25) is 5.02 Å². The second-order valence-corrected chi connectivity index (χ2v) is 4.16. The van der Waals surface area contributed by atoms with E-state index in [2.05, 4.69) is 0 Å². The minimum Gasteiger partial charge on any atom is -0.295 e. The van der Waals surface area contributed by atoms with E-state index in [1.165, 1.54) is 18.2 Å². The maximum absolute atomic E-state index is 13.8. The fourth-order valence-corrected chi connectivity index (χ4v) is 1.74. The number of nitrogens with one attached hydrogen (secondary N) is 1. The van der Waals surface area contributed by atoms with Crippen molar-refractivity contribution in [1.82, 2.24) is 9.55 Å². The van der Waals surface area contributed by atoms with Crippen LogP contribution in [-0.2, 0) is 6.54 Å². The number of aromatic amines is 1. The Balaban J connectivity index is 2.49. The van der Waals surface area contributed by atoms with E-state index < -0.39 is 17.1 Å². The maximum atomic E-state index is 13.8. The highest BCUT2D eigenvalue weighted by Crippen LogP contribution is 2.13. The van der Waals surface area contributed by atoms with Gasteiger partial charge in [0.1, 0.15) is 16.9 Å². The lowest BCUT2D eigenvalue weighted by atomic mass is 10.1. The number of aromatic nitrogens is 2. The summed E-state index contributed by atoms with van der Waals surface area (Å²) >= 11 is 5.60. The second kappa shape index (κ2) is 5.08. The van der Waals surface area contributed by atoms with Crippen LogP contribution in [0.4, 0.5) is 4.39 Å². The SMILES string of the molecule is N#Cc1cccc(Cn2cc(Cl)c(=O)[nH]c2=O)c1F. The molecule has 1 aromatic carbocycles. The molecule has 2 rings (SSSR count). The van der Waals surface area contributed by atoms with Crippen LogP contribution in [0.3, 0.4) is 0 Å². The molecular formula is C12H7ClFN3O2. The third-order valence-corrected chi connectivity index (χ3v) is 2.78. The number of benzene rings is 1. The quantitative estimate of drug-likeness (QED) is 0.898. The van der Waals surface area contributed by atoms with Gasteiger partial charge in [0.05, 0.1) is 12.1 Å². The Labute approximate surface area is 111 Å². The van der Waals surface area contributed by atoms with Crippen LogP contribution in [0.25, 0.3) is 0 Å². The number of rotatable bonds is 2. The average Bonchev–Trinajstić information content (AvgIpc) is 2.38. The van der Waals surface area contributed by atoms with Gasteiger partial charge in [-0.05, 0) is 6.07 Å². The molecule has 0 radical (unpaired) electrons. The van der Waals surface area contributed by atoms with Gasteiger partial charge in [-0.25, -0.2) is 9.18 Å². The number of H-pyrrole nitrogens is 1. The van der Waals surface area contributed by atoms with Crippen molar-refractivity contribution in [3.8, 4) is 6.07 Å². The van der Waals surface area contributed by atoms with Crippen LogP contribution >= 0.6 is 11.6 Å². The molecule has 1 N–H and O–H groups in total. The van der Waals surface area contributed by atoms with E-state index in [1.807, 2.05) is 4.98 Å². The highest BCUT2D eigenvalue weighted by molar-refractivity contribution is 6.30. The molecule has 2 aromatic rings. The predicted molar refractivity (Wildman–Crippen MR) is 66.5 cm³/mol. The lowest BCUT2D eigenvalue weighted by molar-refractivity contribution is 0.589. The smallest absolute Gasteiger partial charge is 0.295 e. The minimum absolute atomic E-state index is 0.110. The van der Waals surface area contributed by atoms with Crippen molar-refractivity contribution in [2.24, 2.45) is 0 Å². The Morgan fingerprint density at radius 2 is 2.16 bits per heavy atom. The van der Waals surface area contributed by atoms with Crippen molar-refractivity contribution in [3.05, 3.63) is 67.2 Å². The predicted octanol–water partition coefficient (Wildman–Crippen LogP) is 1.25. The Hall–Kier alpha value is -2.39. The van der Waals surface area contributed by atoms with Crippen LogP contribution in [0, 0.1) is 17.1 Å². The molecule has 19 heavy (non-hydrogen) atoms. The van der Waals surface area contributed by atoms with Crippen molar-refractivity contribution in [3.63, 3.8) is 0 Å². The summed E-state index contributed by atoms with van der Waals surface area (Å²) in [4.78, 5) is 24.6. The number of halogens is 2. The Morgan fingerprint density at radius 1 is 1.42 bits per heavy atom. The van der Waals surface area contributed by atoms with E-state index in [-0.39, 0.29) is 22.7 Å². The van der Waals surface area contributed by atoms with Crippen LogP contribution in [0.1, 0.15) is 11.1 Å². The summed E-state index contributed by atoms with van der Waals surface area (Å²) in [7, 11) is 0. The van der Waals surface area contributed by atoms with Crippen molar-refractivity contribution in [1.29, 1.82) is 5.26 Å². The molecule has 0 aliphatic carbocycles. The minimum atomic E-state index is -0.700. The zero-order chi connectivity index (χ0) is 14.0. The third-order valence-electron chi connectivity index (χ3n) is 2.51. The molecule has 96 valence electrons. The first-order chi connectivity index (χ1) is 9.02. The van der Waals surface area contributed by atoms with Gasteiger partial charge in [-0.2, -0.15) is 5.26 Å². The van der Waals surface area contributed by atoms with Crippen molar-refractivity contribution >= 4 is 11.6 Å². The fraction of sp³-hybridized carbons (Fsp3) is 0.0833. The molecule has 0 spiro atoms. The van der Waals surface area contributed by atoms with Gasteiger partial charge >= 0.3 is 5.69 Å². The van der Waals surface area contributed by atoms with Gasteiger partial charge in [0, 0.05) is 11.8 Å². The first kappa shape index (κ1) is 13.1. The summed E-state index contributed by atoms with van der Waals surface area (Å²) in [6, 6.07) is 6.00. The summed E-state index contributed by atoms with van der Waals surface area (Å²) < 4.78 is 14.9. The highest BCUT2D eigenvalue weighted by atomic mass is 35.5. The first-order valence-electron chi connectivity index (χ1n) is 5.19. The van der Waals surface area contributed by atoms with Crippen LogP contribution in [0.5, 0.6) is 0 Å². The second-order valence-electron chi connectivity index (χ2n) is 3.75. The molecule has 5 nitrogen and oxygen atoms in total. The average molecular weight is 280 g/mol. The van der Waals surface area contributed by atoms with Gasteiger partial charge in [-0.1, -0.05) is 23.7 Å². The van der Waals surface area contributed by atoms with Gasteiger partial charge in [-0.15, -0.1) is 0 Å². The molecule has 0 amide bonds. The number of hydrogen-bond donors (Lipinski definition) is 1. The van der Waals surface area contributed by atoms with Crippen LogP contribution in [0.15, 0.2) is 34.0 Å². The van der Waals surface area contributed by atoms with Gasteiger partial charge in [0.2, 0.25) is 0 Å². The summed E-state index contributed by atoms with van der Waals surface area (Å²) in [5.41, 5.74) is -1.35. The van der Waals surface area contributed by atoms with E-state index >= 15 is 0 Å². The first-order valence-corrected chi connectivity index (χ1v) is 5.57. The van der Waals surface area contributed by atoms with E-state index in [1.54, 1.807) is 6.07 Å². The normalized spacial score (nSPS) is 10.2. The van der Waals surface area contributed by atoms with E-state index in [4.69, 9.17) is 16.9 Å². The highest BCUT2D eigenvalue weighted by Gasteiger charge is 2.10. The van der Waals surface area contributed by atoms with Crippen molar-refractivity contribution in [2.45, 2.75) is 6.54 Å². The van der Waals surface area contributed by atoms with E-state index in [0.29, 0.717) is 0 Å². The van der Waals surface area contributed by atoms with Crippen LogP contribution < -0.4 is 11.2 Å². The largest absolute Gasteiger partial charge is 0.328 e. The summed E-state index contributed by atoms with van der Waals surface area (Å²) in [5, 5.41) is 8.55. The molecule has 0 atom stereocenters. The summed E-state index contributed by atoms with van der Waals surface area (Å²) in [5.74, 6) is -0.695. The van der Waals surface area contributed by atoms with Crippen molar-refractivity contribution < 1.29 is 4.39 Å². The molecule has 1 heterocycles. The summed E-state index contributed by atoms with van der Waals surface area (Å²) in [6.45, 7) is -0.128. The van der Waals surface area contributed by atoms with Gasteiger partial charge in [0.15, 0.2) is 0 Å². The molecule has 0 saturated heterocycles. The number of hydrogen-bond acceptors (Lipinski definition) is 3. The Bertz CT molecular complexity index is 789. The maximum Gasteiger partial charge on any atom is 0.328 e. The number of nitriles is 1. The standard InChI is InChI=1S/C12H7ClFN3O2/c13-9-6-17(12(19)16-11(9)18)5-8-3-1-2-7(4-15)10(8)14/h1-3,6H,5H2,(H,16,18,19). The zero-order valence-corrected chi connectivity index (χ0v) is 10.2. The third kappa shape index (κ3) is 2.56. The molecule has 0 aliphatic rings. The zero-order valence-electron chi connectivity index (χ0n) is 9.48. The van der Waals surface area contributed by atoms with E-state index in [9.17, 15) is 14.0 Å². The van der Waals surface area contributed by atoms with Gasteiger partial charge < -0.3 is 0 Å². The Kier molecular flexibility index (Phi) is 3.49. The topological polar surface area (TPSA) is 78.7 Å². The lowest BCUT2D eigenvalue weighted by Gasteiger charge is -2.07. The molecule has 0 unspecified atom stereocenters. The molecule has 7 heteroatoms. The van der Waals surface area contributed by atoms with Gasteiger partial charge in [-0.3, -0.25) is 14.3 Å². The summed E-state index contributed by atoms with van der Waals surface area (Å²) in [6.07, 6.45) is 1.13. The lowest BCUT2D eigenvalue weighted by Crippen LogP contribution is -2.30.